The summed E-state index contributed by atoms with van der Waals surface area (Å²) in [5.41, 5.74) is 8.36. The fourth-order valence-electron chi connectivity index (χ4n) is 4.10. The predicted molar refractivity (Wildman–Crippen MR) is 136 cm³/mol. The molecule has 0 bridgehead atoms. The van der Waals surface area contributed by atoms with Gasteiger partial charge < -0.3 is 0 Å². The van der Waals surface area contributed by atoms with E-state index in [1.54, 1.807) is 0 Å². The van der Waals surface area contributed by atoms with E-state index in [0.29, 0.717) is 0 Å². The summed E-state index contributed by atoms with van der Waals surface area (Å²) in [5, 5.41) is 7.25. The van der Waals surface area contributed by atoms with Crippen LogP contribution in [0.2, 0.25) is 0 Å². The fraction of sp³-hybridized carbons (Fsp3) is 0.100. The van der Waals surface area contributed by atoms with Crippen LogP contribution in [0.5, 0.6) is 0 Å². The normalized spacial score (nSPS) is 15.8. The van der Waals surface area contributed by atoms with Crippen molar-refractivity contribution in [3.63, 3.8) is 0 Å². The van der Waals surface area contributed by atoms with Gasteiger partial charge in [-0.1, -0.05) is 115 Å². The van der Waals surface area contributed by atoms with E-state index in [0.717, 1.165) is 17.8 Å². The molecule has 32 heavy (non-hydrogen) atoms. The molecule has 4 aromatic rings. The molecule has 1 heterocycles. The van der Waals surface area contributed by atoms with Crippen molar-refractivity contribution in [3.05, 3.63) is 137 Å². The number of hydrogen-bond acceptors (Lipinski definition) is 2. The van der Waals surface area contributed by atoms with Gasteiger partial charge in [0.25, 0.3) is 0 Å². The van der Waals surface area contributed by atoms with Crippen LogP contribution in [0.15, 0.2) is 114 Å². The monoisotopic (exact) mass is 414 g/mol. The molecule has 0 spiro atoms. The van der Waals surface area contributed by atoms with Crippen molar-refractivity contribution < 1.29 is 0 Å². The Labute approximate surface area is 190 Å². The van der Waals surface area contributed by atoms with Gasteiger partial charge in [0, 0.05) is 6.42 Å². The van der Waals surface area contributed by atoms with Crippen LogP contribution in [-0.2, 0) is 0 Å². The first-order valence-electron chi connectivity index (χ1n) is 11.1. The largest absolute Gasteiger partial charge is 0.257 e. The fourth-order valence-corrected chi connectivity index (χ4v) is 4.10. The molecule has 0 N–H and O–H groups in total. The molecule has 0 fully saturated rings. The van der Waals surface area contributed by atoms with Crippen LogP contribution in [-0.4, -0.2) is 5.71 Å². The predicted octanol–water partition coefficient (Wildman–Crippen LogP) is 7.52. The van der Waals surface area contributed by atoms with Crippen molar-refractivity contribution in [1.82, 2.24) is 0 Å². The van der Waals surface area contributed by atoms with E-state index in [4.69, 9.17) is 5.10 Å². The van der Waals surface area contributed by atoms with Crippen LogP contribution in [0.3, 0.4) is 0 Å². The highest BCUT2D eigenvalue weighted by Gasteiger charge is 2.29. The van der Waals surface area contributed by atoms with Gasteiger partial charge in [-0.25, -0.2) is 0 Å². The number of anilines is 1. The minimum atomic E-state index is 0.193. The quantitative estimate of drug-likeness (QED) is 0.308. The summed E-state index contributed by atoms with van der Waals surface area (Å²) in [6.07, 6.45) is 5.19. The van der Waals surface area contributed by atoms with E-state index in [1.807, 2.05) is 6.07 Å². The van der Waals surface area contributed by atoms with Crippen molar-refractivity contribution in [2.75, 3.05) is 5.01 Å². The first-order chi connectivity index (χ1) is 15.8. The first-order valence-corrected chi connectivity index (χ1v) is 11.1. The minimum absolute atomic E-state index is 0.193. The molecule has 0 saturated heterocycles. The van der Waals surface area contributed by atoms with Crippen LogP contribution >= 0.6 is 0 Å². The number of aryl methyl sites for hydroxylation is 1. The van der Waals surface area contributed by atoms with E-state index in [-0.39, 0.29) is 6.04 Å². The zero-order valence-electron chi connectivity index (χ0n) is 18.2. The van der Waals surface area contributed by atoms with E-state index >= 15 is 0 Å². The maximum absolute atomic E-state index is 5.07. The third-order valence-corrected chi connectivity index (χ3v) is 5.90. The minimum Gasteiger partial charge on any atom is -0.257 e. The standard InChI is InChI=1S/C30H26N2/c1-23-12-18-26(19-13-23)29-22-30(27-10-6-3-7-11-27)32(31-29)28-20-16-25(17-21-28)15-14-24-8-4-2-5-9-24/h2-21,30H,22H2,1H3/b15-14+/t30-/m0/s1. The number of rotatable bonds is 5. The summed E-state index contributed by atoms with van der Waals surface area (Å²) in [6.45, 7) is 2.12. The van der Waals surface area contributed by atoms with Gasteiger partial charge in [0.15, 0.2) is 0 Å². The lowest BCUT2D eigenvalue weighted by Gasteiger charge is -2.24. The molecule has 1 aliphatic heterocycles. The topological polar surface area (TPSA) is 15.6 Å². The second-order valence-corrected chi connectivity index (χ2v) is 8.22. The Morgan fingerprint density at radius 1 is 0.688 bits per heavy atom. The SMILES string of the molecule is Cc1ccc(C2=NN(c3ccc(/C=C/c4ccccc4)cc3)[C@H](c3ccccc3)C2)cc1. The average molecular weight is 415 g/mol. The van der Waals surface area contributed by atoms with Crippen molar-refractivity contribution in [1.29, 1.82) is 0 Å². The highest BCUT2D eigenvalue weighted by atomic mass is 15.5. The number of benzene rings is 4. The molecule has 0 unspecified atom stereocenters. The molecule has 0 aromatic heterocycles. The van der Waals surface area contributed by atoms with Crippen molar-refractivity contribution in [2.45, 2.75) is 19.4 Å². The van der Waals surface area contributed by atoms with Crippen molar-refractivity contribution in [3.8, 4) is 0 Å². The first kappa shape index (κ1) is 20.0. The molecule has 2 heteroatoms. The van der Waals surface area contributed by atoms with Gasteiger partial charge in [-0.2, -0.15) is 5.10 Å². The summed E-state index contributed by atoms with van der Waals surface area (Å²) in [4.78, 5) is 0. The molecule has 2 nitrogen and oxygen atoms in total. The highest BCUT2D eigenvalue weighted by Crippen LogP contribution is 2.36. The smallest absolute Gasteiger partial charge is 0.0831 e. The summed E-state index contributed by atoms with van der Waals surface area (Å²) in [7, 11) is 0. The molecular weight excluding hydrogens is 388 g/mol. The van der Waals surface area contributed by atoms with Crippen LogP contribution in [0.1, 0.15) is 40.3 Å². The lowest BCUT2D eigenvalue weighted by atomic mass is 9.98. The molecule has 0 saturated carbocycles. The molecule has 156 valence electrons. The summed E-state index contributed by atoms with van der Waals surface area (Å²) >= 11 is 0. The summed E-state index contributed by atoms with van der Waals surface area (Å²) < 4.78 is 0. The Bertz CT molecular complexity index is 1220. The third-order valence-electron chi connectivity index (χ3n) is 5.90. The average Bonchev–Trinajstić information content (AvgIpc) is 3.30. The van der Waals surface area contributed by atoms with Gasteiger partial charge >= 0.3 is 0 Å². The Balaban J connectivity index is 1.44. The highest BCUT2D eigenvalue weighted by molar-refractivity contribution is 6.03. The number of hydrogen-bond donors (Lipinski definition) is 0. The molecule has 1 atom stereocenters. The van der Waals surface area contributed by atoms with Gasteiger partial charge in [-0.05, 0) is 41.3 Å². The van der Waals surface area contributed by atoms with Crippen LogP contribution in [0, 0.1) is 6.92 Å². The molecule has 0 amide bonds. The van der Waals surface area contributed by atoms with Crippen LogP contribution in [0.25, 0.3) is 12.2 Å². The van der Waals surface area contributed by atoms with Crippen molar-refractivity contribution >= 4 is 23.6 Å². The second kappa shape index (κ2) is 9.07. The molecule has 1 aliphatic rings. The zero-order valence-corrected chi connectivity index (χ0v) is 18.2. The van der Waals surface area contributed by atoms with Gasteiger partial charge in [-0.15, -0.1) is 0 Å². The summed E-state index contributed by atoms with van der Waals surface area (Å²) in [6, 6.07) is 38.6. The van der Waals surface area contributed by atoms with E-state index in [9.17, 15) is 0 Å². The lowest BCUT2D eigenvalue weighted by Crippen LogP contribution is -2.18. The maximum Gasteiger partial charge on any atom is 0.0831 e. The van der Waals surface area contributed by atoms with E-state index in [2.05, 4.69) is 127 Å². The lowest BCUT2D eigenvalue weighted by molar-refractivity contribution is 0.709. The second-order valence-electron chi connectivity index (χ2n) is 8.22. The van der Waals surface area contributed by atoms with Crippen LogP contribution in [0.4, 0.5) is 5.69 Å². The Hall–Kier alpha value is -3.91. The third kappa shape index (κ3) is 4.40. The van der Waals surface area contributed by atoms with Gasteiger partial charge in [0.1, 0.15) is 0 Å². The van der Waals surface area contributed by atoms with E-state index < -0.39 is 0 Å². The Morgan fingerprint density at radius 3 is 1.94 bits per heavy atom. The van der Waals surface area contributed by atoms with Gasteiger partial charge in [0.2, 0.25) is 0 Å². The van der Waals surface area contributed by atoms with Gasteiger partial charge in [0.05, 0.1) is 17.4 Å². The van der Waals surface area contributed by atoms with Gasteiger partial charge in [-0.3, -0.25) is 5.01 Å². The Kier molecular flexibility index (Phi) is 5.67. The zero-order chi connectivity index (χ0) is 21.8. The van der Waals surface area contributed by atoms with Crippen LogP contribution < -0.4 is 5.01 Å². The maximum atomic E-state index is 5.07. The molecular formula is C30H26N2. The molecule has 0 radical (unpaired) electrons. The number of hydrazone groups is 1. The molecule has 5 rings (SSSR count). The molecule has 0 aliphatic carbocycles. The molecule has 4 aromatic carbocycles. The Morgan fingerprint density at radius 2 is 1.28 bits per heavy atom. The van der Waals surface area contributed by atoms with Crippen molar-refractivity contribution in [2.24, 2.45) is 5.10 Å². The number of nitrogens with zero attached hydrogens (tertiary/aromatic N) is 2. The van der Waals surface area contributed by atoms with E-state index in [1.165, 1.54) is 27.8 Å². The summed E-state index contributed by atoms with van der Waals surface area (Å²) in [5.74, 6) is 0.